The fourth-order valence-corrected chi connectivity index (χ4v) is 1.71. The molecule has 0 fully saturated rings. The third-order valence-electron chi connectivity index (χ3n) is 3.57. The molecule has 0 heterocycles. The largest absolute Gasteiger partial charge is 0.481 e. The molecule has 1 N–H and O–H groups in total. The molecule has 1 amide bonds. The highest BCUT2D eigenvalue weighted by Gasteiger charge is 2.22. The van der Waals surface area contributed by atoms with Crippen LogP contribution in [0.4, 0.5) is 0 Å². The second-order valence-corrected chi connectivity index (χ2v) is 6.21. The Bertz CT molecular complexity index is 435. The molecule has 0 aromatic heterocycles. The Morgan fingerprint density at radius 2 is 1.75 bits per heavy atom. The van der Waals surface area contributed by atoms with Crippen molar-refractivity contribution in [2.45, 2.75) is 65.5 Å². The molecule has 0 aliphatic rings. The van der Waals surface area contributed by atoms with Crippen LogP contribution in [0.3, 0.4) is 0 Å². The highest BCUT2D eigenvalue weighted by molar-refractivity contribution is 5.81. The minimum Gasteiger partial charge on any atom is -0.481 e. The normalized spacial score (nSPS) is 13.2. The molecule has 3 nitrogen and oxygen atoms in total. The fraction of sp³-hybridized carbons (Fsp3) is 0.588. The molecule has 0 aliphatic heterocycles. The molecule has 0 saturated carbocycles. The van der Waals surface area contributed by atoms with E-state index >= 15 is 0 Å². The molecular formula is C17H27NO2. The Morgan fingerprint density at radius 1 is 1.20 bits per heavy atom. The Kier molecular flexibility index (Phi) is 5.61. The first-order valence-electron chi connectivity index (χ1n) is 7.34. The van der Waals surface area contributed by atoms with E-state index in [2.05, 4.69) is 26.1 Å². The monoisotopic (exact) mass is 277 g/mol. The molecule has 20 heavy (non-hydrogen) atoms. The lowest BCUT2D eigenvalue weighted by Gasteiger charge is -2.26. The van der Waals surface area contributed by atoms with Crippen LogP contribution in [0.5, 0.6) is 5.75 Å². The summed E-state index contributed by atoms with van der Waals surface area (Å²) in [6, 6.07) is 7.93. The van der Waals surface area contributed by atoms with Gasteiger partial charge in [-0.2, -0.15) is 0 Å². The summed E-state index contributed by atoms with van der Waals surface area (Å²) < 4.78 is 5.69. The van der Waals surface area contributed by atoms with Crippen molar-refractivity contribution >= 4 is 5.91 Å². The molecule has 112 valence electrons. The van der Waals surface area contributed by atoms with E-state index in [1.165, 1.54) is 5.56 Å². The Balaban J connectivity index is 2.61. The number of amides is 1. The Morgan fingerprint density at radius 3 is 2.20 bits per heavy atom. The molecule has 0 bridgehead atoms. The second-order valence-electron chi connectivity index (χ2n) is 6.21. The van der Waals surface area contributed by atoms with Gasteiger partial charge in [0.1, 0.15) is 5.75 Å². The average Bonchev–Trinajstić information content (AvgIpc) is 2.38. The molecule has 0 aliphatic carbocycles. The number of nitrogens with one attached hydrogen (secondary N) is 1. The van der Waals surface area contributed by atoms with Crippen LogP contribution in [0.1, 0.15) is 59.4 Å². The number of carbonyl (C=O) groups excluding carboxylic acids is 1. The van der Waals surface area contributed by atoms with Gasteiger partial charge >= 0.3 is 0 Å². The molecule has 0 spiro atoms. The van der Waals surface area contributed by atoms with Gasteiger partial charge in [0.2, 0.25) is 0 Å². The molecule has 1 unspecified atom stereocenters. The molecule has 0 radical (unpaired) electrons. The van der Waals surface area contributed by atoms with Crippen LogP contribution in [0, 0.1) is 0 Å². The van der Waals surface area contributed by atoms with Gasteiger partial charge in [-0.25, -0.2) is 0 Å². The Hall–Kier alpha value is -1.51. The minimum absolute atomic E-state index is 0.0789. The number of rotatable bonds is 6. The lowest BCUT2D eigenvalue weighted by atomic mass is 10.0. The average molecular weight is 277 g/mol. The first kappa shape index (κ1) is 16.5. The van der Waals surface area contributed by atoms with Crippen molar-refractivity contribution < 1.29 is 9.53 Å². The minimum atomic E-state index is -0.495. The van der Waals surface area contributed by atoms with Crippen LogP contribution in [-0.2, 0) is 4.79 Å². The van der Waals surface area contributed by atoms with Gasteiger partial charge in [0, 0.05) is 5.54 Å². The standard InChI is InChI=1S/C17H27NO2/c1-7-17(5,6)18-16(19)13(4)20-15-10-8-14(9-11-15)12(2)3/h8-13H,7H2,1-6H3,(H,18,19). The van der Waals surface area contributed by atoms with Crippen LogP contribution in [0.2, 0.25) is 0 Å². The SMILES string of the molecule is CCC(C)(C)NC(=O)C(C)Oc1ccc(C(C)C)cc1. The maximum atomic E-state index is 12.1. The van der Waals surface area contributed by atoms with Gasteiger partial charge in [0.05, 0.1) is 0 Å². The van der Waals surface area contributed by atoms with Crippen molar-refractivity contribution in [2.75, 3.05) is 0 Å². The van der Waals surface area contributed by atoms with Crippen LogP contribution in [-0.4, -0.2) is 17.6 Å². The topological polar surface area (TPSA) is 38.3 Å². The van der Waals surface area contributed by atoms with E-state index < -0.39 is 6.10 Å². The van der Waals surface area contributed by atoms with E-state index in [0.29, 0.717) is 5.92 Å². The number of hydrogen-bond acceptors (Lipinski definition) is 2. The van der Waals surface area contributed by atoms with Gasteiger partial charge in [0.25, 0.3) is 5.91 Å². The van der Waals surface area contributed by atoms with Gasteiger partial charge in [-0.1, -0.05) is 32.9 Å². The summed E-state index contributed by atoms with van der Waals surface area (Å²) in [6.07, 6.45) is 0.389. The summed E-state index contributed by atoms with van der Waals surface area (Å²) in [5.41, 5.74) is 1.07. The van der Waals surface area contributed by atoms with E-state index in [0.717, 1.165) is 12.2 Å². The highest BCUT2D eigenvalue weighted by Crippen LogP contribution is 2.19. The Labute approximate surface area is 122 Å². The van der Waals surface area contributed by atoms with Gasteiger partial charge in [-0.05, 0) is 50.8 Å². The van der Waals surface area contributed by atoms with Gasteiger partial charge < -0.3 is 10.1 Å². The molecular weight excluding hydrogens is 250 g/mol. The molecule has 3 heteroatoms. The van der Waals surface area contributed by atoms with E-state index in [-0.39, 0.29) is 11.4 Å². The molecule has 1 aromatic rings. The van der Waals surface area contributed by atoms with E-state index in [4.69, 9.17) is 4.74 Å². The van der Waals surface area contributed by atoms with E-state index in [1.807, 2.05) is 38.1 Å². The van der Waals surface area contributed by atoms with Crippen molar-refractivity contribution in [3.05, 3.63) is 29.8 Å². The maximum absolute atomic E-state index is 12.1. The van der Waals surface area contributed by atoms with Crippen molar-refractivity contribution in [2.24, 2.45) is 0 Å². The number of carbonyl (C=O) groups is 1. The van der Waals surface area contributed by atoms with Crippen molar-refractivity contribution in [3.63, 3.8) is 0 Å². The third-order valence-corrected chi connectivity index (χ3v) is 3.57. The van der Waals surface area contributed by atoms with Crippen LogP contribution in [0.25, 0.3) is 0 Å². The third kappa shape index (κ3) is 4.87. The zero-order chi connectivity index (χ0) is 15.3. The lowest BCUT2D eigenvalue weighted by Crippen LogP contribution is -2.48. The van der Waals surface area contributed by atoms with Gasteiger partial charge in [0.15, 0.2) is 6.10 Å². The van der Waals surface area contributed by atoms with E-state index in [1.54, 1.807) is 6.92 Å². The molecule has 1 atom stereocenters. The number of hydrogen-bond donors (Lipinski definition) is 1. The smallest absolute Gasteiger partial charge is 0.261 e. The summed E-state index contributed by atoms with van der Waals surface area (Å²) >= 11 is 0. The van der Waals surface area contributed by atoms with Crippen LogP contribution < -0.4 is 10.1 Å². The quantitative estimate of drug-likeness (QED) is 0.857. The van der Waals surface area contributed by atoms with Crippen molar-refractivity contribution in [1.82, 2.24) is 5.32 Å². The van der Waals surface area contributed by atoms with Crippen LogP contribution in [0.15, 0.2) is 24.3 Å². The molecule has 0 saturated heterocycles. The number of ether oxygens (including phenoxy) is 1. The summed E-state index contributed by atoms with van der Waals surface area (Å²) in [5, 5.41) is 2.99. The zero-order valence-electron chi connectivity index (χ0n) is 13.5. The molecule has 1 aromatic carbocycles. The van der Waals surface area contributed by atoms with Crippen molar-refractivity contribution in [1.29, 1.82) is 0 Å². The van der Waals surface area contributed by atoms with Gasteiger partial charge in [-0.3, -0.25) is 4.79 Å². The van der Waals surface area contributed by atoms with E-state index in [9.17, 15) is 4.79 Å². The number of benzene rings is 1. The second kappa shape index (κ2) is 6.78. The van der Waals surface area contributed by atoms with Crippen LogP contribution >= 0.6 is 0 Å². The van der Waals surface area contributed by atoms with Crippen molar-refractivity contribution in [3.8, 4) is 5.75 Å². The summed E-state index contributed by atoms with van der Waals surface area (Å²) in [5.74, 6) is 1.14. The lowest BCUT2D eigenvalue weighted by molar-refractivity contribution is -0.128. The van der Waals surface area contributed by atoms with Gasteiger partial charge in [-0.15, -0.1) is 0 Å². The first-order chi connectivity index (χ1) is 9.25. The highest BCUT2D eigenvalue weighted by atomic mass is 16.5. The fourth-order valence-electron chi connectivity index (χ4n) is 1.71. The summed E-state index contributed by atoms with van der Waals surface area (Å²) in [7, 11) is 0. The maximum Gasteiger partial charge on any atom is 0.261 e. The predicted octanol–water partition coefficient (Wildman–Crippen LogP) is 3.88. The predicted molar refractivity (Wildman–Crippen MR) is 83.1 cm³/mol. The first-order valence-corrected chi connectivity index (χ1v) is 7.34. The molecule has 1 rings (SSSR count). The summed E-state index contributed by atoms with van der Waals surface area (Å²) in [4.78, 5) is 12.1. The summed E-state index contributed by atoms with van der Waals surface area (Å²) in [6.45, 7) is 12.1. The zero-order valence-corrected chi connectivity index (χ0v) is 13.5.